The van der Waals surface area contributed by atoms with Crippen molar-refractivity contribution in [2.45, 2.75) is 0 Å². The summed E-state index contributed by atoms with van der Waals surface area (Å²) in [6.45, 7) is 0. The Labute approximate surface area is 95.8 Å². The maximum absolute atomic E-state index is 5.15. The van der Waals surface area contributed by atoms with Crippen LogP contribution in [0.4, 0.5) is 0 Å². The van der Waals surface area contributed by atoms with Crippen molar-refractivity contribution in [1.29, 1.82) is 0 Å². The summed E-state index contributed by atoms with van der Waals surface area (Å²) in [5.41, 5.74) is 1.01. The Morgan fingerprint density at radius 2 is 2.21 bits per heavy atom. The van der Waals surface area contributed by atoms with Crippen LogP contribution in [0.2, 0.25) is 0 Å². The molecule has 0 N–H and O–H groups in total. The summed E-state index contributed by atoms with van der Waals surface area (Å²) >= 11 is 2.24. The molecule has 0 aliphatic heterocycles. The number of nitrogens with zero attached hydrogens (tertiary/aromatic N) is 2. The third kappa shape index (κ3) is 1.75. The molecule has 4 heteroatoms. The van der Waals surface area contributed by atoms with Gasteiger partial charge in [0.25, 0.3) is 0 Å². The lowest BCUT2D eigenvalue weighted by Crippen LogP contribution is -1.98. The second kappa shape index (κ2) is 4.00. The van der Waals surface area contributed by atoms with Gasteiger partial charge in [0.1, 0.15) is 9.45 Å². The fraction of sp³-hybridized carbons (Fsp3) is 0.100. The molecule has 3 nitrogen and oxygen atoms in total. The SMILES string of the molecule is COc1cccc(-n2nccc2I)c1. The Hall–Kier alpha value is -1.04. The normalized spacial score (nSPS) is 10.1. The van der Waals surface area contributed by atoms with Gasteiger partial charge in [-0.25, -0.2) is 4.68 Å². The molecule has 1 aromatic heterocycles. The Morgan fingerprint density at radius 1 is 1.36 bits per heavy atom. The highest BCUT2D eigenvalue weighted by Crippen LogP contribution is 2.17. The van der Waals surface area contributed by atoms with Gasteiger partial charge >= 0.3 is 0 Å². The van der Waals surface area contributed by atoms with Crippen LogP contribution in [0.5, 0.6) is 5.75 Å². The van der Waals surface area contributed by atoms with Gasteiger partial charge in [-0.15, -0.1) is 0 Å². The lowest BCUT2D eigenvalue weighted by Gasteiger charge is -2.05. The molecule has 0 amide bonds. The van der Waals surface area contributed by atoms with Crippen LogP contribution in [0.1, 0.15) is 0 Å². The monoisotopic (exact) mass is 300 g/mol. The number of benzene rings is 1. The average Bonchev–Trinajstić information content (AvgIpc) is 2.65. The molecule has 0 bridgehead atoms. The number of hydrogen-bond donors (Lipinski definition) is 0. The lowest BCUT2D eigenvalue weighted by atomic mass is 10.3. The largest absolute Gasteiger partial charge is 0.497 e. The fourth-order valence-electron chi connectivity index (χ4n) is 1.22. The zero-order chi connectivity index (χ0) is 9.97. The van der Waals surface area contributed by atoms with Gasteiger partial charge in [0.15, 0.2) is 0 Å². The maximum atomic E-state index is 5.15. The third-order valence-electron chi connectivity index (χ3n) is 1.89. The van der Waals surface area contributed by atoms with Crippen molar-refractivity contribution in [3.63, 3.8) is 0 Å². The summed E-state index contributed by atoms with van der Waals surface area (Å²) in [6, 6.07) is 9.78. The minimum Gasteiger partial charge on any atom is -0.497 e. The number of ether oxygens (including phenoxy) is 1. The standard InChI is InChI=1S/C10H9IN2O/c1-14-9-4-2-3-8(7-9)13-10(11)5-6-12-13/h2-7H,1H3. The molecule has 0 fully saturated rings. The van der Waals surface area contributed by atoms with E-state index in [0.717, 1.165) is 15.1 Å². The van der Waals surface area contributed by atoms with Crippen LogP contribution in [0, 0.1) is 3.70 Å². The molecule has 0 saturated carbocycles. The summed E-state index contributed by atoms with van der Waals surface area (Å²) in [6.07, 6.45) is 1.78. The predicted octanol–water partition coefficient (Wildman–Crippen LogP) is 2.49. The molecule has 0 unspecified atom stereocenters. The van der Waals surface area contributed by atoms with E-state index in [9.17, 15) is 0 Å². The first-order valence-corrected chi connectivity index (χ1v) is 5.23. The van der Waals surface area contributed by atoms with Gasteiger partial charge in [0, 0.05) is 6.07 Å². The highest BCUT2D eigenvalue weighted by Gasteiger charge is 2.02. The van der Waals surface area contributed by atoms with E-state index < -0.39 is 0 Å². The molecule has 72 valence electrons. The van der Waals surface area contributed by atoms with Crippen molar-refractivity contribution in [3.8, 4) is 11.4 Å². The van der Waals surface area contributed by atoms with Crippen LogP contribution in [-0.2, 0) is 0 Å². The van der Waals surface area contributed by atoms with Gasteiger partial charge in [0.2, 0.25) is 0 Å². The first kappa shape index (κ1) is 9.51. The molecule has 0 aliphatic rings. The molecule has 2 aromatic rings. The van der Waals surface area contributed by atoms with Crippen molar-refractivity contribution >= 4 is 22.6 Å². The average molecular weight is 300 g/mol. The smallest absolute Gasteiger partial charge is 0.121 e. The van der Waals surface area contributed by atoms with Crippen LogP contribution in [0.15, 0.2) is 36.5 Å². The maximum Gasteiger partial charge on any atom is 0.121 e. The van der Waals surface area contributed by atoms with Gasteiger partial charge in [-0.2, -0.15) is 5.10 Å². The lowest BCUT2D eigenvalue weighted by molar-refractivity contribution is 0.414. The van der Waals surface area contributed by atoms with E-state index in [1.54, 1.807) is 13.3 Å². The molecule has 0 atom stereocenters. The van der Waals surface area contributed by atoms with Crippen molar-refractivity contribution < 1.29 is 4.74 Å². The molecule has 1 heterocycles. The zero-order valence-corrected chi connectivity index (χ0v) is 9.80. The zero-order valence-electron chi connectivity index (χ0n) is 7.64. The van der Waals surface area contributed by atoms with Crippen LogP contribution < -0.4 is 4.74 Å². The van der Waals surface area contributed by atoms with E-state index in [0.29, 0.717) is 0 Å². The summed E-state index contributed by atoms with van der Waals surface area (Å²) in [4.78, 5) is 0. The summed E-state index contributed by atoms with van der Waals surface area (Å²) in [7, 11) is 1.66. The van der Waals surface area contributed by atoms with Crippen molar-refractivity contribution in [2.24, 2.45) is 0 Å². The summed E-state index contributed by atoms with van der Waals surface area (Å²) in [5, 5.41) is 4.22. The summed E-state index contributed by atoms with van der Waals surface area (Å²) < 4.78 is 8.09. The minimum atomic E-state index is 0.841. The molecule has 0 radical (unpaired) electrons. The summed E-state index contributed by atoms with van der Waals surface area (Å²) in [5.74, 6) is 0.841. The van der Waals surface area contributed by atoms with E-state index in [1.165, 1.54) is 0 Å². The van der Waals surface area contributed by atoms with Gasteiger partial charge in [0.05, 0.1) is 19.0 Å². The van der Waals surface area contributed by atoms with Crippen LogP contribution in [0.3, 0.4) is 0 Å². The highest BCUT2D eigenvalue weighted by molar-refractivity contribution is 14.1. The van der Waals surface area contributed by atoms with Crippen molar-refractivity contribution in [1.82, 2.24) is 9.78 Å². The van der Waals surface area contributed by atoms with Crippen LogP contribution in [-0.4, -0.2) is 16.9 Å². The Kier molecular flexibility index (Phi) is 2.72. The van der Waals surface area contributed by atoms with Crippen molar-refractivity contribution in [3.05, 3.63) is 40.2 Å². The molecule has 1 aromatic carbocycles. The topological polar surface area (TPSA) is 27.1 Å². The van der Waals surface area contributed by atoms with Crippen LogP contribution in [0.25, 0.3) is 5.69 Å². The molecule has 2 rings (SSSR count). The molecular weight excluding hydrogens is 291 g/mol. The Balaban J connectivity index is 2.47. The van der Waals surface area contributed by atoms with Crippen molar-refractivity contribution in [2.75, 3.05) is 7.11 Å². The van der Waals surface area contributed by atoms with Gasteiger partial charge < -0.3 is 4.74 Å². The first-order chi connectivity index (χ1) is 6.81. The molecule has 14 heavy (non-hydrogen) atoms. The van der Waals surface area contributed by atoms with E-state index in [1.807, 2.05) is 35.0 Å². The third-order valence-corrected chi connectivity index (χ3v) is 2.71. The predicted molar refractivity (Wildman–Crippen MR) is 62.8 cm³/mol. The second-order valence-electron chi connectivity index (χ2n) is 2.77. The number of hydrogen-bond acceptors (Lipinski definition) is 2. The van der Waals surface area contributed by atoms with Gasteiger partial charge in [-0.3, -0.25) is 0 Å². The van der Waals surface area contributed by atoms with Gasteiger partial charge in [-0.05, 0) is 40.8 Å². The molecule has 0 spiro atoms. The Morgan fingerprint density at radius 3 is 2.86 bits per heavy atom. The quantitative estimate of drug-likeness (QED) is 0.797. The molecule has 0 aliphatic carbocycles. The first-order valence-electron chi connectivity index (χ1n) is 4.15. The number of halogens is 1. The van der Waals surface area contributed by atoms with E-state index in [-0.39, 0.29) is 0 Å². The van der Waals surface area contributed by atoms with E-state index >= 15 is 0 Å². The van der Waals surface area contributed by atoms with E-state index in [2.05, 4.69) is 27.7 Å². The molecular formula is C10H9IN2O. The van der Waals surface area contributed by atoms with E-state index in [4.69, 9.17) is 4.74 Å². The van der Waals surface area contributed by atoms with Gasteiger partial charge in [-0.1, -0.05) is 6.07 Å². The Bertz CT molecular complexity index is 439. The number of methoxy groups -OCH3 is 1. The fourth-order valence-corrected chi connectivity index (χ4v) is 1.78. The molecule has 0 saturated heterocycles. The van der Waals surface area contributed by atoms with Crippen LogP contribution >= 0.6 is 22.6 Å². The minimum absolute atomic E-state index is 0.841. The second-order valence-corrected chi connectivity index (χ2v) is 3.87. The highest BCUT2D eigenvalue weighted by atomic mass is 127. The number of rotatable bonds is 2. The number of aromatic nitrogens is 2.